The molecule has 0 fully saturated rings. The van der Waals surface area contributed by atoms with Gasteiger partial charge >= 0.3 is 0 Å². The number of carbonyl (C=O) groups is 1. The number of carbonyl (C=O) groups excluding carboxylic acids is 1. The number of nitrogens with zero attached hydrogens (tertiary/aromatic N) is 2. The molecule has 6 heteroatoms. The summed E-state index contributed by atoms with van der Waals surface area (Å²) in [5, 5.41) is 12.1. The smallest absolute Gasteiger partial charge is 0.156 e. The van der Waals surface area contributed by atoms with Gasteiger partial charge in [-0.25, -0.2) is 9.97 Å². The predicted octanol–water partition coefficient (Wildman–Crippen LogP) is 2.15. The molecule has 0 saturated carbocycles. The molecule has 1 rings (SSSR count). The maximum atomic E-state index is 10.9. The van der Waals surface area contributed by atoms with Gasteiger partial charge < -0.3 is 10.4 Å². The van der Waals surface area contributed by atoms with Crippen LogP contribution >= 0.6 is 11.6 Å². The standard InChI is InChI=1S/C12H18ClN3O2/c1-12(2,4-3-5-17)7-14-11-9(6-18)10(13)15-8-16-11/h6,8,17H,3-5,7H2,1-2H3,(H,14,15,16). The van der Waals surface area contributed by atoms with Crippen molar-refractivity contribution < 1.29 is 9.90 Å². The minimum atomic E-state index is 0.000308. The van der Waals surface area contributed by atoms with E-state index in [2.05, 4.69) is 29.1 Å². The summed E-state index contributed by atoms with van der Waals surface area (Å²) in [4.78, 5) is 18.7. The fraction of sp³-hybridized carbons (Fsp3) is 0.583. The molecule has 5 nitrogen and oxygen atoms in total. The predicted molar refractivity (Wildman–Crippen MR) is 71.0 cm³/mol. The number of aliphatic hydroxyl groups is 1. The number of aromatic nitrogens is 2. The van der Waals surface area contributed by atoms with Gasteiger partial charge in [0.15, 0.2) is 6.29 Å². The van der Waals surface area contributed by atoms with Crippen molar-refractivity contribution in [3.05, 3.63) is 17.0 Å². The zero-order valence-corrected chi connectivity index (χ0v) is 11.4. The Morgan fingerprint density at radius 3 is 2.83 bits per heavy atom. The molecule has 0 aromatic carbocycles. The van der Waals surface area contributed by atoms with Crippen molar-refractivity contribution in [2.75, 3.05) is 18.5 Å². The number of aliphatic hydroxyl groups excluding tert-OH is 1. The highest BCUT2D eigenvalue weighted by Gasteiger charge is 2.18. The Kier molecular flexibility index (Phi) is 5.50. The quantitative estimate of drug-likeness (QED) is 0.587. The van der Waals surface area contributed by atoms with Gasteiger partial charge in [-0.15, -0.1) is 0 Å². The summed E-state index contributed by atoms with van der Waals surface area (Å²) in [6, 6.07) is 0. The molecule has 0 atom stereocenters. The van der Waals surface area contributed by atoms with Gasteiger partial charge in [0, 0.05) is 13.2 Å². The first-order valence-electron chi connectivity index (χ1n) is 5.80. The van der Waals surface area contributed by atoms with Gasteiger partial charge in [-0.2, -0.15) is 0 Å². The molecule has 0 unspecified atom stereocenters. The van der Waals surface area contributed by atoms with Crippen molar-refractivity contribution in [1.29, 1.82) is 0 Å². The Morgan fingerprint density at radius 2 is 2.22 bits per heavy atom. The SMILES string of the molecule is CC(C)(CCCO)CNc1ncnc(Cl)c1C=O. The summed E-state index contributed by atoms with van der Waals surface area (Å²) in [7, 11) is 0. The summed E-state index contributed by atoms with van der Waals surface area (Å²) in [5.41, 5.74) is 0.275. The highest BCUT2D eigenvalue weighted by Crippen LogP contribution is 2.24. The van der Waals surface area contributed by atoms with Crippen LogP contribution in [0.15, 0.2) is 6.33 Å². The molecule has 1 aromatic rings. The third-order valence-electron chi connectivity index (χ3n) is 2.70. The van der Waals surface area contributed by atoms with E-state index in [0.29, 0.717) is 18.6 Å². The van der Waals surface area contributed by atoms with Crippen molar-refractivity contribution in [3.63, 3.8) is 0 Å². The topological polar surface area (TPSA) is 75.1 Å². The first-order chi connectivity index (χ1) is 8.50. The molecule has 1 aromatic heterocycles. The number of aldehydes is 1. The second kappa shape index (κ2) is 6.66. The third kappa shape index (κ3) is 4.23. The monoisotopic (exact) mass is 271 g/mol. The molecular formula is C12H18ClN3O2. The van der Waals surface area contributed by atoms with E-state index in [9.17, 15) is 4.79 Å². The lowest BCUT2D eigenvalue weighted by molar-refractivity contribution is 0.112. The van der Waals surface area contributed by atoms with Crippen LogP contribution in [-0.4, -0.2) is 34.5 Å². The maximum Gasteiger partial charge on any atom is 0.156 e. The number of nitrogens with one attached hydrogen (secondary N) is 1. The Labute approximate surface area is 112 Å². The van der Waals surface area contributed by atoms with Gasteiger partial charge in [-0.1, -0.05) is 25.4 Å². The van der Waals surface area contributed by atoms with E-state index in [-0.39, 0.29) is 22.7 Å². The molecule has 0 aliphatic heterocycles. The molecule has 0 saturated heterocycles. The number of hydrogen-bond acceptors (Lipinski definition) is 5. The van der Waals surface area contributed by atoms with Gasteiger partial charge in [0.2, 0.25) is 0 Å². The van der Waals surface area contributed by atoms with E-state index in [1.807, 2.05) is 0 Å². The van der Waals surface area contributed by atoms with E-state index < -0.39 is 0 Å². The lowest BCUT2D eigenvalue weighted by atomic mass is 9.88. The molecule has 0 radical (unpaired) electrons. The van der Waals surface area contributed by atoms with Crippen LogP contribution in [0.3, 0.4) is 0 Å². The van der Waals surface area contributed by atoms with Crippen molar-refractivity contribution in [2.45, 2.75) is 26.7 Å². The second-order valence-corrected chi connectivity index (χ2v) is 5.25. The van der Waals surface area contributed by atoms with Gasteiger partial charge in [-0.05, 0) is 18.3 Å². The summed E-state index contributed by atoms with van der Waals surface area (Å²) in [6.07, 6.45) is 3.59. The number of halogens is 1. The minimum absolute atomic E-state index is 0.000308. The fourth-order valence-corrected chi connectivity index (χ4v) is 1.77. The highest BCUT2D eigenvalue weighted by atomic mass is 35.5. The first kappa shape index (κ1) is 14.9. The van der Waals surface area contributed by atoms with E-state index >= 15 is 0 Å². The number of rotatable bonds is 7. The Balaban J connectivity index is 2.68. The Morgan fingerprint density at radius 1 is 1.50 bits per heavy atom. The van der Waals surface area contributed by atoms with Gasteiger partial charge in [-0.3, -0.25) is 4.79 Å². The van der Waals surface area contributed by atoms with Crippen LogP contribution in [0.4, 0.5) is 5.82 Å². The van der Waals surface area contributed by atoms with Gasteiger partial charge in [0.25, 0.3) is 0 Å². The molecule has 0 spiro atoms. The maximum absolute atomic E-state index is 10.9. The summed E-state index contributed by atoms with van der Waals surface area (Å²) in [6.45, 7) is 4.99. The third-order valence-corrected chi connectivity index (χ3v) is 3.00. The van der Waals surface area contributed by atoms with Gasteiger partial charge in [0.1, 0.15) is 17.3 Å². The van der Waals surface area contributed by atoms with Crippen molar-refractivity contribution in [1.82, 2.24) is 9.97 Å². The molecular weight excluding hydrogens is 254 g/mol. The van der Waals surface area contributed by atoms with Gasteiger partial charge in [0.05, 0.1) is 5.56 Å². The zero-order valence-electron chi connectivity index (χ0n) is 10.6. The molecule has 0 amide bonds. The number of hydrogen-bond donors (Lipinski definition) is 2. The van der Waals surface area contributed by atoms with Crippen molar-refractivity contribution in [3.8, 4) is 0 Å². The van der Waals surface area contributed by atoms with Crippen LogP contribution in [0.5, 0.6) is 0 Å². The largest absolute Gasteiger partial charge is 0.396 e. The second-order valence-electron chi connectivity index (χ2n) is 4.89. The Bertz CT molecular complexity index is 410. The molecule has 0 aliphatic rings. The number of anilines is 1. The average Bonchev–Trinajstić information content (AvgIpc) is 2.34. The summed E-state index contributed by atoms with van der Waals surface area (Å²) < 4.78 is 0. The van der Waals surface area contributed by atoms with Crippen molar-refractivity contribution in [2.24, 2.45) is 5.41 Å². The van der Waals surface area contributed by atoms with E-state index in [0.717, 1.165) is 12.8 Å². The van der Waals surface area contributed by atoms with Crippen molar-refractivity contribution >= 4 is 23.7 Å². The lowest BCUT2D eigenvalue weighted by Crippen LogP contribution is -2.24. The zero-order chi connectivity index (χ0) is 13.6. The van der Waals surface area contributed by atoms with E-state index in [1.54, 1.807) is 0 Å². The van der Waals surface area contributed by atoms with Crippen LogP contribution in [-0.2, 0) is 0 Å². The van der Waals surface area contributed by atoms with Crippen LogP contribution in [0.2, 0.25) is 5.15 Å². The molecule has 0 aliphatic carbocycles. The molecule has 1 heterocycles. The van der Waals surface area contributed by atoms with Crippen LogP contribution in [0.1, 0.15) is 37.0 Å². The Hall–Kier alpha value is -1.20. The average molecular weight is 272 g/mol. The minimum Gasteiger partial charge on any atom is -0.396 e. The van der Waals surface area contributed by atoms with Crippen LogP contribution in [0, 0.1) is 5.41 Å². The summed E-state index contributed by atoms with van der Waals surface area (Å²) >= 11 is 5.81. The fourth-order valence-electron chi connectivity index (χ4n) is 1.59. The van der Waals surface area contributed by atoms with E-state index in [4.69, 9.17) is 16.7 Å². The molecule has 2 N–H and O–H groups in total. The summed E-state index contributed by atoms with van der Waals surface area (Å²) in [5.74, 6) is 0.446. The normalized spacial score (nSPS) is 11.3. The lowest BCUT2D eigenvalue weighted by Gasteiger charge is -2.25. The van der Waals surface area contributed by atoms with Crippen LogP contribution in [0.25, 0.3) is 0 Å². The van der Waals surface area contributed by atoms with Crippen LogP contribution < -0.4 is 5.32 Å². The van der Waals surface area contributed by atoms with E-state index in [1.165, 1.54) is 6.33 Å². The molecule has 18 heavy (non-hydrogen) atoms. The molecule has 0 bridgehead atoms. The first-order valence-corrected chi connectivity index (χ1v) is 6.18. The molecule has 100 valence electrons. The highest BCUT2D eigenvalue weighted by molar-refractivity contribution is 6.32.